The maximum Gasteiger partial charge on any atom is 0.0895 e. The molecular formula is C12H23NO2. The zero-order valence-corrected chi connectivity index (χ0v) is 9.90. The maximum atomic E-state index is 9.16. The Kier molecular flexibility index (Phi) is 8.28. The average Bonchev–Trinajstić information content (AvgIpc) is 2.25. The van der Waals surface area contributed by atoms with Crippen LogP contribution in [-0.2, 0) is 0 Å². The molecule has 0 amide bonds. The van der Waals surface area contributed by atoms with E-state index in [-0.39, 0.29) is 12.6 Å². The number of hydrogen-bond acceptors (Lipinski definition) is 3. The SMILES string of the molecule is CC/C=C\C=C(/C)C(C)NCC(O)CO. The first-order valence-corrected chi connectivity index (χ1v) is 5.47. The molecule has 0 rings (SSSR count). The Balaban J connectivity index is 3.92. The van der Waals surface area contributed by atoms with Gasteiger partial charge in [0.25, 0.3) is 0 Å². The Morgan fingerprint density at radius 1 is 1.47 bits per heavy atom. The predicted octanol–water partition coefficient (Wildman–Crippen LogP) is 1.23. The molecule has 0 spiro atoms. The zero-order chi connectivity index (χ0) is 11.7. The summed E-state index contributed by atoms with van der Waals surface area (Å²) in [5, 5.41) is 20.9. The Hall–Kier alpha value is -0.640. The topological polar surface area (TPSA) is 52.5 Å². The summed E-state index contributed by atoms with van der Waals surface area (Å²) in [5.74, 6) is 0. The second kappa shape index (κ2) is 8.65. The number of aliphatic hydroxyl groups is 2. The van der Waals surface area contributed by atoms with Crippen LogP contribution in [0.2, 0.25) is 0 Å². The van der Waals surface area contributed by atoms with Crippen molar-refractivity contribution in [1.82, 2.24) is 5.32 Å². The fraction of sp³-hybridized carbons (Fsp3) is 0.667. The molecule has 0 aromatic carbocycles. The molecule has 0 heterocycles. The van der Waals surface area contributed by atoms with Gasteiger partial charge in [0.1, 0.15) is 0 Å². The minimum absolute atomic E-state index is 0.196. The molecule has 0 aliphatic rings. The first-order valence-electron chi connectivity index (χ1n) is 5.47. The first kappa shape index (κ1) is 14.4. The highest BCUT2D eigenvalue weighted by Gasteiger charge is 2.06. The van der Waals surface area contributed by atoms with E-state index in [2.05, 4.69) is 24.4 Å². The molecule has 3 heteroatoms. The number of aliphatic hydroxyl groups excluding tert-OH is 2. The number of nitrogens with one attached hydrogen (secondary N) is 1. The van der Waals surface area contributed by atoms with Crippen LogP contribution in [0.1, 0.15) is 27.2 Å². The van der Waals surface area contributed by atoms with Crippen molar-refractivity contribution in [3.63, 3.8) is 0 Å². The Labute approximate surface area is 92.5 Å². The fourth-order valence-corrected chi connectivity index (χ4v) is 1.04. The van der Waals surface area contributed by atoms with Crippen LogP contribution in [0.4, 0.5) is 0 Å². The monoisotopic (exact) mass is 213 g/mol. The Morgan fingerprint density at radius 2 is 2.13 bits per heavy atom. The van der Waals surface area contributed by atoms with E-state index < -0.39 is 6.10 Å². The van der Waals surface area contributed by atoms with Crippen molar-refractivity contribution < 1.29 is 10.2 Å². The summed E-state index contributed by atoms with van der Waals surface area (Å²) in [6.07, 6.45) is 6.56. The molecule has 15 heavy (non-hydrogen) atoms. The summed E-state index contributed by atoms with van der Waals surface area (Å²) < 4.78 is 0. The lowest BCUT2D eigenvalue weighted by Crippen LogP contribution is -2.35. The number of hydrogen-bond donors (Lipinski definition) is 3. The standard InChI is InChI=1S/C12H23NO2/c1-4-5-6-7-10(2)11(3)13-8-12(15)9-14/h5-7,11-15H,4,8-9H2,1-3H3/b6-5-,10-7+. The van der Waals surface area contributed by atoms with E-state index in [1.54, 1.807) is 0 Å². The molecule has 0 bridgehead atoms. The van der Waals surface area contributed by atoms with E-state index in [0.29, 0.717) is 6.54 Å². The smallest absolute Gasteiger partial charge is 0.0895 e. The summed E-state index contributed by atoms with van der Waals surface area (Å²) in [5.41, 5.74) is 1.21. The van der Waals surface area contributed by atoms with Crippen molar-refractivity contribution in [2.24, 2.45) is 0 Å². The summed E-state index contributed by atoms with van der Waals surface area (Å²) in [6, 6.07) is 0.215. The van der Waals surface area contributed by atoms with Gasteiger partial charge in [-0.3, -0.25) is 0 Å². The number of rotatable bonds is 7. The second-order valence-corrected chi connectivity index (χ2v) is 3.71. The van der Waals surface area contributed by atoms with Crippen molar-refractivity contribution in [3.05, 3.63) is 23.8 Å². The molecule has 0 saturated heterocycles. The number of allylic oxidation sites excluding steroid dienone is 3. The lowest BCUT2D eigenvalue weighted by atomic mass is 10.1. The second-order valence-electron chi connectivity index (χ2n) is 3.71. The Bertz CT molecular complexity index is 212. The molecule has 3 N–H and O–H groups in total. The molecule has 3 nitrogen and oxygen atoms in total. The third-order valence-electron chi connectivity index (χ3n) is 2.28. The van der Waals surface area contributed by atoms with Gasteiger partial charge in [0.2, 0.25) is 0 Å². The minimum Gasteiger partial charge on any atom is -0.394 e. The normalized spacial score (nSPS) is 17.0. The van der Waals surface area contributed by atoms with Crippen LogP contribution in [0.15, 0.2) is 23.8 Å². The molecule has 2 unspecified atom stereocenters. The van der Waals surface area contributed by atoms with E-state index in [4.69, 9.17) is 10.2 Å². The molecule has 88 valence electrons. The van der Waals surface area contributed by atoms with Crippen molar-refractivity contribution in [2.45, 2.75) is 39.3 Å². The van der Waals surface area contributed by atoms with Crippen LogP contribution < -0.4 is 5.32 Å². The third-order valence-corrected chi connectivity index (χ3v) is 2.28. The van der Waals surface area contributed by atoms with Crippen LogP contribution in [0.5, 0.6) is 0 Å². The molecule has 0 aliphatic heterocycles. The van der Waals surface area contributed by atoms with Crippen molar-refractivity contribution in [1.29, 1.82) is 0 Å². The van der Waals surface area contributed by atoms with Gasteiger partial charge in [-0.25, -0.2) is 0 Å². The lowest BCUT2D eigenvalue weighted by molar-refractivity contribution is 0.0932. The highest BCUT2D eigenvalue weighted by molar-refractivity contribution is 5.14. The van der Waals surface area contributed by atoms with Crippen molar-refractivity contribution in [3.8, 4) is 0 Å². The molecule has 0 aromatic heterocycles. The average molecular weight is 213 g/mol. The van der Waals surface area contributed by atoms with Crippen LogP contribution in [0, 0.1) is 0 Å². The molecule has 0 radical (unpaired) electrons. The molecular weight excluding hydrogens is 190 g/mol. The molecule has 0 fully saturated rings. The van der Waals surface area contributed by atoms with Crippen LogP contribution >= 0.6 is 0 Å². The highest BCUT2D eigenvalue weighted by atomic mass is 16.3. The van der Waals surface area contributed by atoms with E-state index in [0.717, 1.165) is 6.42 Å². The van der Waals surface area contributed by atoms with Crippen LogP contribution in [0.25, 0.3) is 0 Å². The van der Waals surface area contributed by atoms with Crippen molar-refractivity contribution >= 4 is 0 Å². The van der Waals surface area contributed by atoms with Crippen LogP contribution in [0.3, 0.4) is 0 Å². The van der Waals surface area contributed by atoms with Gasteiger partial charge in [-0.15, -0.1) is 0 Å². The first-order chi connectivity index (χ1) is 7.11. The van der Waals surface area contributed by atoms with E-state index in [1.165, 1.54) is 5.57 Å². The minimum atomic E-state index is -0.675. The van der Waals surface area contributed by atoms with E-state index in [9.17, 15) is 0 Å². The summed E-state index contributed by atoms with van der Waals surface area (Å²) >= 11 is 0. The summed E-state index contributed by atoms with van der Waals surface area (Å²) in [6.45, 7) is 6.40. The maximum absolute atomic E-state index is 9.16. The largest absolute Gasteiger partial charge is 0.394 e. The Morgan fingerprint density at radius 3 is 2.67 bits per heavy atom. The summed E-state index contributed by atoms with van der Waals surface area (Å²) in [4.78, 5) is 0. The third kappa shape index (κ3) is 7.31. The van der Waals surface area contributed by atoms with Gasteiger partial charge in [0.05, 0.1) is 12.7 Å². The summed E-state index contributed by atoms with van der Waals surface area (Å²) in [7, 11) is 0. The quantitative estimate of drug-likeness (QED) is 0.558. The molecule has 0 aliphatic carbocycles. The van der Waals surface area contributed by atoms with Gasteiger partial charge < -0.3 is 15.5 Å². The van der Waals surface area contributed by atoms with E-state index >= 15 is 0 Å². The van der Waals surface area contributed by atoms with Gasteiger partial charge in [0, 0.05) is 12.6 Å². The molecule has 0 saturated carbocycles. The van der Waals surface area contributed by atoms with Gasteiger partial charge in [-0.2, -0.15) is 0 Å². The lowest BCUT2D eigenvalue weighted by Gasteiger charge is -2.16. The molecule has 2 atom stereocenters. The van der Waals surface area contributed by atoms with Gasteiger partial charge in [-0.1, -0.05) is 30.7 Å². The van der Waals surface area contributed by atoms with Gasteiger partial charge in [-0.05, 0) is 20.3 Å². The van der Waals surface area contributed by atoms with Gasteiger partial charge >= 0.3 is 0 Å². The fourth-order valence-electron chi connectivity index (χ4n) is 1.04. The van der Waals surface area contributed by atoms with E-state index in [1.807, 2.05) is 19.9 Å². The van der Waals surface area contributed by atoms with Crippen LogP contribution in [-0.4, -0.2) is 35.5 Å². The zero-order valence-electron chi connectivity index (χ0n) is 9.90. The molecule has 0 aromatic rings. The van der Waals surface area contributed by atoms with Gasteiger partial charge in [0.15, 0.2) is 0 Å². The predicted molar refractivity (Wildman–Crippen MR) is 63.7 cm³/mol. The highest BCUT2D eigenvalue weighted by Crippen LogP contribution is 2.01. The van der Waals surface area contributed by atoms with Crippen molar-refractivity contribution in [2.75, 3.05) is 13.2 Å².